The molecule has 2 aromatic rings. The van der Waals surface area contributed by atoms with E-state index in [1.54, 1.807) is 12.4 Å². The first-order valence-electron chi connectivity index (χ1n) is 5.00. The number of ether oxygens (including phenoxy) is 1. The summed E-state index contributed by atoms with van der Waals surface area (Å²) < 4.78 is 6.51. The normalized spacial score (nSPS) is 10.3. The molecule has 1 heterocycles. The molecule has 0 aliphatic rings. The van der Waals surface area contributed by atoms with Crippen molar-refractivity contribution in [2.24, 2.45) is 0 Å². The van der Waals surface area contributed by atoms with Crippen molar-refractivity contribution in [1.82, 2.24) is 9.97 Å². The molecule has 2 rings (SSSR count). The quantitative estimate of drug-likeness (QED) is 0.801. The van der Waals surface area contributed by atoms with Gasteiger partial charge in [-0.3, -0.25) is 4.98 Å². The van der Waals surface area contributed by atoms with Crippen molar-refractivity contribution >= 4 is 27.5 Å². The molecule has 0 spiro atoms. The predicted molar refractivity (Wildman–Crippen MR) is 70.5 cm³/mol. The van der Waals surface area contributed by atoms with Gasteiger partial charge in [0.05, 0.1) is 22.2 Å². The van der Waals surface area contributed by atoms with Crippen LogP contribution in [-0.4, -0.2) is 9.97 Å². The summed E-state index contributed by atoms with van der Waals surface area (Å²) in [6.45, 7) is 2.02. The van der Waals surface area contributed by atoms with E-state index in [2.05, 4.69) is 25.9 Å². The Morgan fingerprint density at radius 1 is 1.35 bits per heavy atom. The number of hydrogen-bond acceptors (Lipinski definition) is 3. The molecule has 0 atom stereocenters. The van der Waals surface area contributed by atoms with Gasteiger partial charge in [0.2, 0.25) is 5.88 Å². The van der Waals surface area contributed by atoms with E-state index in [0.29, 0.717) is 23.2 Å². The van der Waals surface area contributed by atoms with E-state index in [4.69, 9.17) is 16.3 Å². The molecule has 5 heteroatoms. The zero-order chi connectivity index (χ0) is 12.3. The molecule has 17 heavy (non-hydrogen) atoms. The summed E-state index contributed by atoms with van der Waals surface area (Å²) in [5.74, 6) is 1.46. The first-order valence-corrected chi connectivity index (χ1v) is 6.32. The van der Waals surface area contributed by atoms with Gasteiger partial charge in [-0.15, -0.1) is 11.6 Å². The van der Waals surface area contributed by atoms with Crippen LogP contribution in [0.2, 0.25) is 0 Å². The highest BCUT2D eigenvalue weighted by Gasteiger charge is 2.05. The van der Waals surface area contributed by atoms with Crippen LogP contribution >= 0.6 is 27.5 Å². The van der Waals surface area contributed by atoms with Crippen LogP contribution < -0.4 is 4.74 Å². The fraction of sp³-hybridized carbons (Fsp3) is 0.167. The average molecular weight is 314 g/mol. The SMILES string of the molecule is Cc1ccc(Oc2cncc(CCl)n2)c(Br)c1. The fourth-order valence-corrected chi connectivity index (χ4v) is 2.00. The Hall–Kier alpha value is -1.13. The molecule has 0 bridgehead atoms. The summed E-state index contributed by atoms with van der Waals surface area (Å²) in [6, 6.07) is 5.83. The zero-order valence-electron chi connectivity index (χ0n) is 9.15. The Balaban J connectivity index is 2.25. The van der Waals surface area contributed by atoms with E-state index in [-0.39, 0.29) is 0 Å². The zero-order valence-corrected chi connectivity index (χ0v) is 11.5. The highest BCUT2D eigenvalue weighted by molar-refractivity contribution is 9.10. The molecule has 1 aromatic carbocycles. The molecule has 0 unspecified atom stereocenters. The molecule has 0 N–H and O–H groups in total. The maximum Gasteiger partial charge on any atom is 0.238 e. The molecule has 0 aliphatic heterocycles. The van der Waals surface area contributed by atoms with Crippen molar-refractivity contribution < 1.29 is 4.74 Å². The topological polar surface area (TPSA) is 35.0 Å². The monoisotopic (exact) mass is 312 g/mol. The van der Waals surface area contributed by atoms with Crippen LogP contribution in [0.3, 0.4) is 0 Å². The Morgan fingerprint density at radius 2 is 2.18 bits per heavy atom. The average Bonchev–Trinajstić information content (AvgIpc) is 2.33. The summed E-state index contributed by atoms with van der Waals surface area (Å²) >= 11 is 9.13. The highest BCUT2D eigenvalue weighted by Crippen LogP contribution is 2.29. The molecular weight excluding hydrogens is 304 g/mol. The summed E-state index contributed by atoms with van der Waals surface area (Å²) in [5.41, 5.74) is 1.84. The number of rotatable bonds is 3. The lowest BCUT2D eigenvalue weighted by atomic mass is 10.2. The number of halogens is 2. The smallest absolute Gasteiger partial charge is 0.238 e. The molecule has 0 radical (unpaired) electrons. The Kier molecular flexibility index (Phi) is 3.97. The Labute approximate surface area is 113 Å². The second-order valence-electron chi connectivity index (χ2n) is 3.52. The number of benzene rings is 1. The van der Waals surface area contributed by atoms with Crippen LogP contribution in [0.25, 0.3) is 0 Å². The third-order valence-corrected chi connectivity index (χ3v) is 2.99. The second-order valence-corrected chi connectivity index (χ2v) is 4.64. The van der Waals surface area contributed by atoms with Gasteiger partial charge in [-0.05, 0) is 40.5 Å². The second kappa shape index (κ2) is 5.47. The van der Waals surface area contributed by atoms with Gasteiger partial charge in [-0.25, -0.2) is 4.98 Å². The van der Waals surface area contributed by atoms with Crippen molar-refractivity contribution in [3.05, 3.63) is 46.3 Å². The van der Waals surface area contributed by atoms with Gasteiger partial charge in [-0.2, -0.15) is 0 Å². The molecule has 0 saturated heterocycles. The van der Waals surface area contributed by atoms with Gasteiger partial charge in [-0.1, -0.05) is 6.07 Å². The third-order valence-electron chi connectivity index (χ3n) is 2.10. The number of hydrogen-bond donors (Lipinski definition) is 0. The lowest BCUT2D eigenvalue weighted by Crippen LogP contribution is -1.93. The van der Waals surface area contributed by atoms with Crippen LogP contribution in [0.15, 0.2) is 35.1 Å². The first-order chi connectivity index (χ1) is 8.19. The standard InChI is InChI=1S/C12H10BrClN2O/c1-8-2-3-11(10(13)4-8)17-12-7-15-6-9(5-14)16-12/h2-4,6-7H,5H2,1H3. The largest absolute Gasteiger partial charge is 0.436 e. The van der Waals surface area contributed by atoms with E-state index in [0.717, 1.165) is 10.0 Å². The van der Waals surface area contributed by atoms with Gasteiger partial charge in [0.1, 0.15) is 5.75 Å². The van der Waals surface area contributed by atoms with Gasteiger partial charge in [0.25, 0.3) is 0 Å². The van der Waals surface area contributed by atoms with E-state index in [1.165, 1.54) is 0 Å². The van der Waals surface area contributed by atoms with Crippen LogP contribution in [0.4, 0.5) is 0 Å². The van der Waals surface area contributed by atoms with Crippen LogP contribution in [0, 0.1) is 6.92 Å². The van der Waals surface area contributed by atoms with Crippen LogP contribution in [0.5, 0.6) is 11.6 Å². The fourth-order valence-electron chi connectivity index (χ4n) is 1.30. The highest BCUT2D eigenvalue weighted by atomic mass is 79.9. The molecule has 0 fully saturated rings. The summed E-state index contributed by atoms with van der Waals surface area (Å²) in [7, 11) is 0. The molecule has 1 aromatic heterocycles. The molecular formula is C12H10BrClN2O. The molecule has 0 amide bonds. The van der Waals surface area contributed by atoms with E-state index < -0.39 is 0 Å². The predicted octanol–water partition coefficient (Wildman–Crippen LogP) is 4.08. The minimum atomic E-state index is 0.319. The van der Waals surface area contributed by atoms with Gasteiger partial charge in [0, 0.05) is 6.20 Å². The lowest BCUT2D eigenvalue weighted by Gasteiger charge is -2.07. The molecule has 0 aliphatic carbocycles. The van der Waals surface area contributed by atoms with Crippen LogP contribution in [0.1, 0.15) is 11.3 Å². The van der Waals surface area contributed by atoms with E-state index in [9.17, 15) is 0 Å². The molecule has 0 saturated carbocycles. The van der Waals surface area contributed by atoms with Gasteiger partial charge >= 0.3 is 0 Å². The van der Waals surface area contributed by atoms with Crippen LogP contribution in [-0.2, 0) is 5.88 Å². The van der Waals surface area contributed by atoms with E-state index in [1.807, 2.05) is 25.1 Å². The summed E-state index contributed by atoms with van der Waals surface area (Å²) in [4.78, 5) is 8.22. The van der Waals surface area contributed by atoms with Crippen molar-refractivity contribution in [3.8, 4) is 11.6 Å². The number of alkyl halides is 1. The Morgan fingerprint density at radius 3 is 2.88 bits per heavy atom. The van der Waals surface area contributed by atoms with Crippen molar-refractivity contribution in [3.63, 3.8) is 0 Å². The molecule has 3 nitrogen and oxygen atoms in total. The Bertz CT molecular complexity index is 534. The van der Waals surface area contributed by atoms with E-state index >= 15 is 0 Å². The van der Waals surface area contributed by atoms with Crippen molar-refractivity contribution in [2.75, 3.05) is 0 Å². The maximum atomic E-state index is 5.69. The summed E-state index contributed by atoms with van der Waals surface area (Å²) in [5, 5.41) is 0. The molecule has 88 valence electrons. The number of aromatic nitrogens is 2. The maximum absolute atomic E-state index is 5.69. The minimum Gasteiger partial charge on any atom is -0.436 e. The first kappa shape index (κ1) is 12.3. The number of nitrogens with zero attached hydrogens (tertiary/aromatic N) is 2. The summed E-state index contributed by atoms with van der Waals surface area (Å²) in [6.07, 6.45) is 3.17. The minimum absolute atomic E-state index is 0.319. The lowest BCUT2D eigenvalue weighted by molar-refractivity contribution is 0.455. The van der Waals surface area contributed by atoms with Gasteiger partial charge < -0.3 is 4.74 Å². The van der Waals surface area contributed by atoms with Crippen molar-refractivity contribution in [2.45, 2.75) is 12.8 Å². The number of aryl methyl sites for hydroxylation is 1. The third kappa shape index (κ3) is 3.17. The van der Waals surface area contributed by atoms with Crippen molar-refractivity contribution in [1.29, 1.82) is 0 Å². The van der Waals surface area contributed by atoms with Gasteiger partial charge in [0.15, 0.2) is 0 Å².